The van der Waals surface area contributed by atoms with Crippen molar-refractivity contribution in [2.45, 2.75) is 0 Å². The van der Waals surface area contributed by atoms with Crippen molar-refractivity contribution in [1.29, 1.82) is 0 Å². The van der Waals surface area contributed by atoms with Gasteiger partial charge in [-0.2, -0.15) is 0 Å². The van der Waals surface area contributed by atoms with Gasteiger partial charge < -0.3 is 14.8 Å². The number of carbonyl (C=O) groups excluding carboxylic acids is 1. The molecule has 0 saturated heterocycles. The number of methoxy groups -OCH3 is 1. The van der Waals surface area contributed by atoms with Crippen molar-refractivity contribution >= 4 is 23.2 Å². The molecule has 0 unspecified atom stereocenters. The smallest absolute Gasteiger partial charge is 0.256 e. The first-order valence-electron chi connectivity index (χ1n) is 9.34. The Labute approximate surface area is 170 Å². The van der Waals surface area contributed by atoms with Gasteiger partial charge in [-0.3, -0.25) is 4.79 Å². The summed E-state index contributed by atoms with van der Waals surface area (Å²) in [4.78, 5) is 12.7. The fraction of sp³-hybridized carbons (Fsp3) is 0.0800. The van der Waals surface area contributed by atoms with Crippen LogP contribution in [0.5, 0.6) is 11.5 Å². The summed E-state index contributed by atoms with van der Waals surface area (Å²) in [5, 5.41) is 2.97. The van der Waals surface area contributed by atoms with E-state index in [1.54, 1.807) is 13.2 Å². The maximum absolute atomic E-state index is 12.7. The molecule has 0 aliphatic carbocycles. The summed E-state index contributed by atoms with van der Waals surface area (Å²) >= 11 is 0. The highest BCUT2D eigenvalue weighted by molar-refractivity contribution is 6.35. The van der Waals surface area contributed by atoms with Crippen molar-refractivity contribution in [2.24, 2.45) is 0 Å². The van der Waals surface area contributed by atoms with E-state index in [2.05, 4.69) is 11.9 Å². The summed E-state index contributed by atoms with van der Waals surface area (Å²) in [5.74, 6) is 1.39. The molecule has 0 saturated carbocycles. The highest BCUT2D eigenvalue weighted by Gasteiger charge is 2.25. The molecule has 0 bridgehead atoms. The summed E-state index contributed by atoms with van der Waals surface area (Å²) in [6, 6.07) is 21.5. The van der Waals surface area contributed by atoms with Crippen molar-refractivity contribution in [3.8, 4) is 22.6 Å². The molecule has 0 atom stereocenters. The van der Waals surface area contributed by atoms with E-state index in [1.807, 2.05) is 72.8 Å². The summed E-state index contributed by atoms with van der Waals surface area (Å²) in [6.45, 7) is 4.09. The van der Waals surface area contributed by atoms with Gasteiger partial charge in [-0.25, -0.2) is 0 Å². The molecular weight excluding hydrogens is 362 g/mol. The molecule has 0 spiro atoms. The second kappa shape index (κ2) is 8.07. The third kappa shape index (κ3) is 3.78. The Morgan fingerprint density at radius 1 is 1.00 bits per heavy atom. The molecule has 29 heavy (non-hydrogen) atoms. The number of rotatable bonds is 6. The number of amides is 1. The van der Waals surface area contributed by atoms with Crippen LogP contribution < -0.4 is 14.8 Å². The molecule has 0 radical (unpaired) electrons. The Hall–Kier alpha value is -3.79. The van der Waals surface area contributed by atoms with Crippen LogP contribution in [0.3, 0.4) is 0 Å². The molecule has 1 N–H and O–H groups in total. The maximum Gasteiger partial charge on any atom is 0.256 e. The largest absolute Gasteiger partial charge is 0.497 e. The minimum Gasteiger partial charge on any atom is -0.497 e. The molecule has 144 valence electrons. The van der Waals surface area contributed by atoms with E-state index in [4.69, 9.17) is 9.47 Å². The highest BCUT2D eigenvalue weighted by Crippen LogP contribution is 2.37. The average Bonchev–Trinajstić information content (AvgIpc) is 3.07. The van der Waals surface area contributed by atoms with Gasteiger partial charge in [0.05, 0.1) is 7.11 Å². The summed E-state index contributed by atoms with van der Waals surface area (Å²) < 4.78 is 11.0. The molecule has 3 aromatic carbocycles. The maximum atomic E-state index is 12.7. The van der Waals surface area contributed by atoms with Gasteiger partial charge in [0.2, 0.25) is 0 Å². The van der Waals surface area contributed by atoms with E-state index in [9.17, 15) is 4.79 Å². The standard InChI is InChI=1S/C25H21NO3/c1-3-13-29-24-10-5-4-7-19(24)15-22-21-12-11-18(16-23(21)26-25(22)27)17-8-6-9-20(14-17)28-2/h3-12,14-16H,1,13H2,2H3,(H,26,27)/b22-15+. The molecule has 0 aromatic heterocycles. The molecule has 1 aliphatic rings. The number of carbonyl (C=O) groups is 1. The Kier molecular flexibility index (Phi) is 5.16. The number of hydrogen-bond donors (Lipinski definition) is 1. The summed E-state index contributed by atoms with van der Waals surface area (Å²) in [6.07, 6.45) is 3.56. The zero-order chi connectivity index (χ0) is 20.2. The van der Waals surface area contributed by atoms with Gasteiger partial charge in [0, 0.05) is 22.4 Å². The van der Waals surface area contributed by atoms with E-state index in [0.29, 0.717) is 17.9 Å². The topological polar surface area (TPSA) is 47.6 Å². The molecule has 3 aromatic rings. The Balaban J connectivity index is 1.71. The normalized spacial score (nSPS) is 13.7. The number of para-hydroxylation sites is 1. The second-order valence-electron chi connectivity index (χ2n) is 6.64. The molecule has 4 rings (SSSR count). The number of fused-ring (bicyclic) bond motifs is 1. The van der Waals surface area contributed by atoms with E-state index < -0.39 is 0 Å². The molecule has 4 nitrogen and oxygen atoms in total. The van der Waals surface area contributed by atoms with Crippen LogP contribution in [0.15, 0.2) is 79.4 Å². The first kappa shape index (κ1) is 18.6. The van der Waals surface area contributed by atoms with Crippen molar-refractivity contribution in [1.82, 2.24) is 0 Å². The minimum atomic E-state index is -0.124. The molecule has 1 heterocycles. The molecular formula is C25H21NO3. The lowest BCUT2D eigenvalue weighted by Crippen LogP contribution is -2.04. The monoisotopic (exact) mass is 383 g/mol. The molecule has 1 aliphatic heterocycles. The van der Waals surface area contributed by atoms with Crippen LogP contribution in [0.4, 0.5) is 5.69 Å². The number of benzene rings is 3. The van der Waals surface area contributed by atoms with Crippen LogP contribution in [-0.2, 0) is 4.79 Å². The lowest BCUT2D eigenvalue weighted by molar-refractivity contribution is -0.110. The van der Waals surface area contributed by atoms with Crippen LogP contribution in [0.2, 0.25) is 0 Å². The molecule has 1 amide bonds. The number of hydrogen-bond acceptors (Lipinski definition) is 3. The average molecular weight is 383 g/mol. The van der Waals surface area contributed by atoms with Crippen LogP contribution >= 0.6 is 0 Å². The first-order valence-corrected chi connectivity index (χ1v) is 9.34. The van der Waals surface area contributed by atoms with Gasteiger partial charge in [0.15, 0.2) is 0 Å². The third-order valence-corrected chi connectivity index (χ3v) is 4.78. The van der Waals surface area contributed by atoms with Crippen LogP contribution in [-0.4, -0.2) is 19.6 Å². The Morgan fingerprint density at radius 2 is 1.83 bits per heavy atom. The first-order chi connectivity index (χ1) is 14.2. The van der Waals surface area contributed by atoms with Gasteiger partial charge in [0.25, 0.3) is 5.91 Å². The van der Waals surface area contributed by atoms with E-state index in [-0.39, 0.29) is 5.91 Å². The van der Waals surface area contributed by atoms with Crippen LogP contribution in [0.1, 0.15) is 11.1 Å². The van der Waals surface area contributed by atoms with Gasteiger partial charge in [-0.1, -0.05) is 55.1 Å². The number of anilines is 1. The quantitative estimate of drug-likeness (QED) is 0.457. The third-order valence-electron chi connectivity index (χ3n) is 4.78. The van der Waals surface area contributed by atoms with Gasteiger partial charge in [-0.15, -0.1) is 0 Å². The SMILES string of the molecule is C=CCOc1ccccc1/C=C1/C(=O)Nc2cc(-c3cccc(OC)c3)ccc21. The second-order valence-corrected chi connectivity index (χ2v) is 6.64. The zero-order valence-corrected chi connectivity index (χ0v) is 16.1. The lowest BCUT2D eigenvalue weighted by Gasteiger charge is -2.08. The number of nitrogens with one attached hydrogen (secondary N) is 1. The van der Waals surface area contributed by atoms with Crippen molar-refractivity contribution < 1.29 is 14.3 Å². The van der Waals surface area contributed by atoms with Crippen LogP contribution in [0.25, 0.3) is 22.8 Å². The zero-order valence-electron chi connectivity index (χ0n) is 16.1. The van der Waals surface area contributed by atoms with Gasteiger partial charge in [-0.05, 0) is 41.5 Å². The fourth-order valence-corrected chi connectivity index (χ4v) is 3.36. The van der Waals surface area contributed by atoms with E-state index in [1.165, 1.54) is 0 Å². The van der Waals surface area contributed by atoms with Crippen LogP contribution in [0, 0.1) is 0 Å². The molecule has 4 heteroatoms. The Bertz CT molecular complexity index is 1110. The Morgan fingerprint density at radius 3 is 2.66 bits per heavy atom. The lowest BCUT2D eigenvalue weighted by atomic mass is 9.99. The predicted molar refractivity (Wildman–Crippen MR) is 117 cm³/mol. The number of ether oxygens (including phenoxy) is 2. The van der Waals surface area contributed by atoms with Gasteiger partial charge in [0.1, 0.15) is 18.1 Å². The van der Waals surface area contributed by atoms with E-state index in [0.717, 1.165) is 33.7 Å². The predicted octanol–water partition coefficient (Wildman–Crippen LogP) is 5.42. The summed E-state index contributed by atoms with van der Waals surface area (Å²) in [7, 11) is 1.65. The van der Waals surface area contributed by atoms with E-state index >= 15 is 0 Å². The van der Waals surface area contributed by atoms with Gasteiger partial charge >= 0.3 is 0 Å². The minimum absolute atomic E-state index is 0.124. The molecule has 0 fully saturated rings. The van der Waals surface area contributed by atoms with Crippen molar-refractivity contribution in [2.75, 3.05) is 19.0 Å². The highest BCUT2D eigenvalue weighted by atomic mass is 16.5. The fourth-order valence-electron chi connectivity index (χ4n) is 3.36. The van der Waals surface area contributed by atoms with Crippen molar-refractivity contribution in [3.63, 3.8) is 0 Å². The van der Waals surface area contributed by atoms with Crippen molar-refractivity contribution in [3.05, 3.63) is 90.5 Å². The summed E-state index contributed by atoms with van der Waals surface area (Å²) in [5.41, 5.74) is 5.18.